The summed E-state index contributed by atoms with van der Waals surface area (Å²) in [6.07, 6.45) is 7.90. The van der Waals surface area contributed by atoms with Crippen LogP contribution in [-0.4, -0.2) is 34.1 Å². The van der Waals surface area contributed by atoms with Crippen molar-refractivity contribution in [3.8, 4) is 0 Å². The molecular formula is C24H29NO4S. The number of hydrogen-bond acceptors (Lipinski definition) is 4. The average Bonchev–Trinajstić information content (AvgIpc) is 2.72. The minimum absolute atomic E-state index is 0.129. The molecule has 1 atom stereocenters. The van der Waals surface area contributed by atoms with E-state index in [1.165, 1.54) is 26.2 Å². The highest BCUT2D eigenvalue weighted by Gasteiger charge is 2.24. The van der Waals surface area contributed by atoms with E-state index in [-0.39, 0.29) is 11.7 Å². The number of Topliss-reactive ketones (excluding diaryl/α,β-unsaturated/α-hetero) is 1. The number of nitrogens with one attached hydrogen (secondary N) is 1. The summed E-state index contributed by atoms with van der Waals surface area (Å²) in [6, 6.07) is 12.2. The van der Waals surface area contributed by atoms with E-state index >= 15 is 0 Å². The van der Waals surface area contributed by atoms with E-state index < -0.39 is 11.2 Å². The molecule has 6 heteroatoms. The highest BCUT2D eigenvalue weighted by Crippen LogP contribution is 2.30. The summed E-state index contributed by atoms with van der Waals surface area (Å²) < 4.78 is 0. The lowest BCUT2D eigenvalue weighted by Gasteiger charge is -2.22. The van der Waals surface area contributed by atoms with Crippen molar-refractivity contribution in [2.75, 3.05) is 0 Å². The number of thioether (sulfide) groups is 1. The second kappa shape index (κ2) is 10.6. The fourth-order valence-electron chi connectivity index (χ4n) is 4.04. The zero-order valence-electron chi connectivity index (χ0n) is 17.4. The van der Waals surface area contributed by atoms with E-state index in [0.717, 1.165) is 58.7 Å². The molecule has 2 aromatic carbocycles. The second-order valence-electron chi connectivity index (χ2n) is 8.00. The van der Waals surface area contributed by atoms with Crippen molar-refractivity contribution in [1.82, 2.24) is 5.32 Å². The molecule has 3 rings (SSSR count). The third kappa shape index (κ3) is 6.08. The van der Waals surface area contributed by atoms with Gasteiger partial charge in [0, 0.05) is 17.4 Å². The molecule has 0 radical (unpaired) electrons. The van der Waals surface area contributed by atoms with Crippen LogP contribution in [0.4, 0.5) is 0 Å². The molecule has 160 valence electrons. The number of fused-ring (bicyclic) bond motifs is 1. The van der Waals surface area contributed by atoms with E-state index in [4.69, 9.17) is 0 Å². The molecule has 1 saturated carbocycles. The van der Waals surface area contributed by atoms with Crippen molar-refractivity contribution in [2.24, 2.45) is 0 Å². The Morgan fingerprint density at radius 1 is 1.13 bits per heavy atom. The molecule has 1 aliphatic carbocycles. The Bertz CT molecular complexity index is 907. The number of hydrogen-bond donors (Lipinski definition) is 2. The summed E-state index contributed by atoms with van der Waals surface area (Å²) in [7, 11) is 0. The smallest absolute Gasteiger partial charge is 0.324 e. The molecule has 2 N–H and O–H groups in total. The van der Waals surface area contributed by atoms with E-state index in [1.807, 2.05) is 30.3 Å². The third-order valence-electron chi connectivity index (χ3n) is 5.61. The van der Waals surface area contributed by atoms with Gasteiger partial charge in [-0.15, -0.1) is 11.8 Å². The number of carboxylic acid groups (broad SMARTS) is 1. The van der Waals surface area contributed by atoms with Crippen LogP contribution in [0.3, 0.4) is 0 Å². The molecule has 0 spiro atoms. The molecule has 1 amide bonds. The first-order valence-electron chi connectivity index (χ1n) is 10.6. The van der Waals surface area contributed by atoms with Gasteiger partial charge in [0.2, 0.25) is 5.91 Å². The van der Waals surface area contributed by atoms with Gasteiger partial charge in [-0.1, -0.05) is 43.5 Å². The highest BCUT2D eigenvalue weighted by molar-refractivity contribution is 8.01. The lowest BCUT2D eigenvalue weighted by molar-refractivity contribution is -0.139. The van der Waals surface area contributed by atoms with Crippen molar-refractivity contribution in [2.45, 2.75) is 74.5 Å². The van der Waals surface area contributed by atoms with Gasteiger partial charge in [-0.05, 0) is 61.1 Å². The second-order valence-corrected chi connectivity index (χ2v) is 9.18. The van der Waals surface area contributed by atoms with E-state index in [1.54, 1.807) is 0 Å². The molecule has 5 nitrogen and oxygen atoms in total. The highest BCUT2D eigenvalue weighted by atomic mass is 32.2. The van der Waals surface area contributed by atoms with Gasteiger partial charge < -0.3 is 10.4 Å². The Balaban J connectivity index is 1.64. The van der Waals surface area contributed by atoms with Crippen LogP contribution in [0, 0.1) is 0 Å². The van der Waals surface area contributed by atoms with Crippen LogP contribution in [0.25, 0.3) is 10.8 Å². The van der Waals surface area contributed by atoms with Crippen molar-refractivity contribution >= 4 is 40.2 Å². The topological polar surface area (TPSA) is 83.5 Å². The summed E-state index contributed by atoms with van der Waals surface area (Å²) in [5, 5.41) is 13.5. The number of aryl methyl sites for hydroxylation is 1. The minimum Gasteiger partial charge on any atom is -0.480 e. The molecule has 0 aliphatic heterocycles. The maximum Gasteiger partial charge on any atom is 0.324 e. The predicted molar refractivity (Wildman–Crippen MR) is 120 cm³/mol. The first kappa shape index (κ1) is 22.3. The van der Waals surface area contributed by atoms with E-state index in [9.17, 15) is 19.5 Å². The van der Waals surface area contributed by atoms with E-state index in [0.29, 0.717) is 12.5 Å². The third-order valence-corrected chi connectivity index (χ3v) is 6.91. The van der Waals surface area contributed by atoms with Crippen LogP contribution in [0.1, 0.15) is 57.4 Å². The predicted octanol–water partition coefficient (Wildman–Crippen LogP) is 4.75. The number of carbonyl (C=O) groups is 3. The molecule has 1 fully saturated rings. The summed E-state index contributed by atoms with van der Waals surface area (Å²) in [6.45, 7) is 1.30. The molecule has 0 bridgehead atoms. The summed E-state index contributed by atoms with van der Waals surface area (Å²) >= 11 is 1.06. The molecule has 0 saturated heterocycles. The number of benzene rings is 2. The molecule has 0 heterocycles. The van der Waals surface area contributed by atoms with Crippen LogP contribution >= 0.6 is 11.8 Å². The lowest BCUT2D eigenvalue weighted by Crippen LogP contribution is -2.36. The Morgan fingerprint density at radius 2 is 1.90 bits per heavy atom. The molecule has 30 heavy (non-hydrogen) atoms. The maximum atomic E-state index is 12.3. The van der Waals surface area contributed by atoms with E-state index in [2.05, 4.69) is 11.4 Å². The van der Waals surface area contributed by atoms with Crippen molar-refractivity contribution < 1.29 is 19.5 Å². The zero-order chi connectivity index (χ0) is 21.5. The monoisotopic (exact) mass is 427 g/mol. The first-order chi connectivity index (χ1) is 14.4. The van der Waals surface area contributed by atoms with Gasteiger partial charge in [0.05, 0.1) is 0 Å². The van der Waals surface area contributed by atoms with Gasteiger partial charge in [-0.3, -0.25) is 14.4 Å². The standard InChI is InChI=1S/C24H29NO4S/c1-16(26)23(24(28)29)30-20-14-13-18-8-5-7-17(21(18)15-20)9-6-12-22(27)25-19-10-3-2-4-11-19/h5,7-8,13-15,19,23H,2-4,6,9-12H2,1H3,(H,25,27)(H,28,29). The van der Waals surface area contributed by atoms with Crippen LogP contribution in [-0.2, 0) is 20.8 Å². The Labute approximate surface area is 181 Å². The zero-order valence-corrected chi connectivity index (χ0v) is 18.2. The van der Waals surface area contributed by atoms with Gasteiger partial charge >= 0.3 is 5.97 Å². The number of ketones is 1. The SMILES string of the molecule is CC(=O)C(Sc1ccc2cccc(CCCC(=O)NC3CCCCC3)c2c1)C(=O)O. The number of amides is 1. The quantitative estimate of drug-likeness (QED) is 0.446. The summed E-state index contributed by atoms with van der Waals surface area (Å²) in [5.41, 5.74) is 1.13. The Kier molecular flexibility index (Phi) is 7.91. The summed E-state index contributed by atoms with van der Waals surface area (Å²) in [4.78, 5) is 36.0. The van der Waals surface area contributed by atoms with Crippen molar-refractivity contribution in [3.63, 3.8) is 0 Å². The van der Waals surface area contributed by atoms with Crippen LogP contribution in [0.5, 0.6) is 0 Å². The fraction of sp³-hybridized carbons (Fsp3) is 0.458. The molecule has 0 aromatic heterocycles. The maximum absolute atomic E-state index is 12.3. The Morgan fingerprint density at radius 3 is 2.60 bits per heavy atom. The van der Waals surface area contributed by atoms with Crippen LogP contribution in [0.15, 0.2) is 41.3 Å². The van der Waals surface area contributed by atoms with Gasteiger partial charge in [0.1, 0.15) is 0 Å². The fourth-order valence-corrected chi connectivity index (χ4v) is 4.91. The first-order valence-corrected chi connectivity index (χ1v) is 11.5. The van der Waals surface area contributed by atoms with Gasteiger partial charge in [0.15, 0.2) is 11.0 Å². The van der Waals surface area contributed by atoms with Crippen LogP contribution in [0.2, 0.25) is 0 Å². The summed E-state index contributed by atoms with van der Waals surface area (Å²) in [5.74, 6) is -1.36. The van der Waals surface area contributed by atoms with Gasteiger partial charge in [0.25, 0.3) is 0 Å². The molecular weight excluding hydrogens is 398 g/mol. The molecule has 2 aromatic rings. The average molecular weight is 428 g/mol. The number of rotatable bonds is 9. The van der Waals surface area contributed by atoms with Gasteiger partial charge in [-0.25, -0.2) is 0 Å². The number of carbonyl (C=O) groups excluding carboxylic acids is 2. The molecule has 1 aliphatic rings. The van der Waals surface area contributed by atoms with Crippen molar-refractivity contribution in [1.29, 1.82) is 0 Å². The van der Waals surface area contributed by atoms with Crippen LogP contribution < -0.4 is 5.32 Å². The largest absolute Gasteiger partial charge is 0.480 e. The normalized spacial score (nSPS) is 15.6. The lowest BCUT2D eigenvalue weighted by atomic mass is 9.95. The van der Waals surface area contributed by atoms with Gasteiger partial charge in [-0.2, -0.15) is 0 Å². The number of aliphatic carboxylic acids is 1. The van der Waals surface area contributed by atoms with Crippen molar-refractivity contribution in [3.05, 3.63) is 42.0 Å². The molecule has 1 unspecified atom stereocenters. The minimum atomic E-state index is -1.12. The Hall–Kier alpha value is -2.34. The number of carboxylic acids is 1.